The largest absolute Gasteiger partial charge is 0.573 e. The highest BCUT2D eigenvalue weighted by molar-refractivity contribution is 6.30. The maximum absolute atomic E-state index is 13.3. The number of aryl methyl sites for hydroxylation is 1. The zero-order valence-electron chi connectivity index (χ0n) is 19.0. The van der Waals surface area contributed by atoms with E-state index in [1.807, 2.05) is 0 Å². The van der Waals surface area contributed by atoms with Crippen LogP contribution in [-0.4, -0.2) is 47.2 Å². The van der Waals surface area contributed by atoms with Crippen molar-refractivity contribution >= 4 is 22.8 Å². The van der Waals surface area contributed by atoms with Gasteiger partial charge in [-0.1, -0.05) is 35.0 Å². The van der Waals surface area contributed by atoms with Crippen LogP contribution in [0.25, 0.3) is 11.2 Å². The minimum atomic E-state index is -4.91. The fraction of sp³-hybridized carbons (Fsp3) is 0.227. The Balaban J connectivity index is 1.87. The van der Waals surface area contributed by atoms with Gasteiger partial charge in [-0.15, -0.1) is 13.2 Å². The number of halogens is 4. The van der Waals surface area contributed by atoms with E-state index in [1.54, 1.807) is 24.3 Å². The quantitative estimate of drug-likeness (QED) is 0.325. The lowest BCUT2D eigenvalue weighted by atomic mass is 10.2. The van der Waals surface area contributed by atoms with Gasteiger partial charge in [-0.05, 0) is 29.8 Å². The van der Waals surface area contributed by atoms with Crippen LogP contribution in [-0.2, 0) is 20.1 Å². The summed E-state index contributed by atoms with van der Waals surface area (Å²) in [6, 6.07) is 11.2. The summed E-state index contributed by atoms with van der Waals surface area (Å²) in [7, 11) is 1.36. The topological polar surface area (TPSA) is 124 Å². The average Bonchev–Trinajstić information content (AvgIpc) is 3.16. The molecule has 0 atom stereocenters. The van der Waals surface area contributed by atoms with E-state index >= 15 is 0 Å². The zero-order valence-corrected chi connectivity index (χ0v) is 19.8. The van der Waals surface area contributed by atoms with Crippen molar-refractivity contribution in [2.75, 3.05) is 6.54 Å². The number of benzene rings is 2. The Morgan fingerprint density at radius 1 is 1.05 bits per heavy atom. The van der Waals surface area contributed by atoms with Gasteiger partial charge in [-0.2, -0.15) is 4.98 Å². The Bertz CT molecular complexity index is 1550. The first kappa shape index (κ1) is 26.2. The smallest absolute Gasteiger partial charge is 0.425 e. The van der Waals surface area contributed by atoms with Crippen molar-refractivity contribution in [1.82, 2.24) is 23.9 Å². The van der Waals surface area contributed by atoms with Crippen LogP contribution in [0, 0.1) is 0 Å². The normalized spacial score (nSPS) is 11.9. The second-order valence-corrected chi connectivity index (χ2v) is 8.23. The van der Waals surface area contributed by atoms with Crippen LogP contribution in [0.3, 0.4) is 0 Å². The molecule has 11 nitrogen and oxygen atoms in total. The molecule has 4 rings (SSSR count). The van der Waals surface area contributed by atoms with Crippen LogP contribution in [0.15, 0.2) is 58.1 Å². The van der Waals surface area contributed by atoms with Gasteiger partial charge in [0.15, 0.2) is 11.2 Å². The van der Waals surface area contributed by atoms with Crippen LogP contribution in [0.4, 0.5) is 13.2 Å². The summed E-state index contributed by atoms with van der Waals surface area (Å²) >= 11 is 5.96. The van der Waals surface area contributed by atoms with Crippen molar-refractivity contribution in [2.45, 2.75) is 19.5 Å². The number of hydrogen-bond donors (Lipinski definition) is 2. The number of nitrogens with zero attached hydrogens (tertiary/aromatic N) is 5. The van der Waals surface area contributed by atoms with Crippen molar-refractivity contribution in [2.24, 2.45) is 7.05 Å². The van der Waals surface area contributed by atoms with Crippen LogP contribution in [0.1, 0.15) is 5.56 Å². The molecule has 0 spiro atoms. The maximum Gasteiger partial charge on any atom is 0.573 e. The number of rotatable bonds is 8. The fourth-order valence-corrected chi connectivity index (χ4v) is 3.70. The first-order valence-corrected chi connectivity index (χ1v) is 10.9. The number of imidazole rings is 1. The standard InChI is InChI=1S/C22H19ClF3N5O6/c1-28-18-17(19(32)29(21(28)33)9-10-31(34)35)30(12-13-5-7-14(23)8-6-13)20(27-18)36-15-3-2-4-16(11-15)37-22(24,25)26/h2-8,11,34-35H,9-10,12H2,1H3. The summed E-state index contributed by atoms with van der Waals surface area (Å²) in [5, 5.41) is 18.4. The molecule has 0 radical (unpaired) electrons. The van der Waals surface area contributed by atoms with Gasteiger partial charge in [-0.3, -0.25) is 28.9 Å². The van der Waals surface area contributed by atoms with Crippen molar-refractivity contribution in [3.8, 4) is 17.5 Å². The molecule has 2 aromatic heterocycles. The van der Waals surface area contributed by atoms with E-state index in [9.17, 15) is 22.8 Å². The summed E-state index contributed by atoms with van der Waals surface area (Å²) in [6.07, 6.45) is -4.91. The highest BCUT2D eigenvalue weighted by Crippen LogP contribution is 2.30. The molecule has 0 saturated heterocycles. The van der Waals surface area contributed by atoms with E-state index in [0.717, 1.165) is 21.3 Å². The lowest BCUT2D eigenvalue weighted by Gasteiger charge is -2.13. The Hall–Kier alpha value is -3.85. The Kier molecular flexibility index (Phi) is 7.27. The molecule has 0 aliphatic rings. The minimum Gasteiger partial charge on any atom is -0.425 e. The molecule has 0 bridgehead atoms. The van der Waals surface area contributed by atoms with Gasteiger partial charge in [-0.25, -0.2) is 4.79 Å². The Morgan fingerprint density at radius 3 is 2.38 bits per heavy atom. The van der Waals surface area contributed by atoms with Gasteiger partial charge in [0, 0.05) is 24.7 Å². The molecule has 4 aromatic rings. The third-order valence-electron chi connectivity index (χ3n) is 5.22. The van der Waals surface area contributed by atoms with Crippen molar-refractivity contribution in [1.29, 1.82) is 0 Å². The summed E-state index contributed by atoms with van der Waals surface area (Å²) in [5.74, 6) is -0.603. The first-order valence-electron chi connectivity index (χ1n) is 10.6. The molecule has 2 N–H and O–H groups in total. The second kappa shape index (κ2) is 10.3. The molecule has 0 aliphatic heterocycles. The van der Waals surface area contributed by atoms with E-state index in [1.165, 1.54) is 23.7 Å². The molecule has 196 valence electrons. The Morgan fingerprint density at radius 2 is 1.73 bits per heavy atom. The number of hydrogen-bond acceptors (Lipinski definition) is 8. The van der Waals surface area contributed by atoms with E-state index in [0.29, 0.717) is 10.6 Å². The monoisotopic (exact) mass is 541 g/mol. The molecule has 0 saturated carbocycles. The third-order valence-corrected chi connectivity index (χ3v) is 5.48. The van der Waals surface area contributed by atoms with Crippen LogP contribution in [0.2, 0.25) is 5.02 Å². The van der Waals surface area contributed by atoms with Gasteiger partial charge in [0.05, 0.1) is 13.1 Å². The van der Waals surface area contributed by atoms with Gasteiger partial charge < -0.3 is 9.47 Å². The number of hydroxylamine groups is 2. The summed E-state index contributed by atoms with van der Waals surface area (Å²) in [5.41, 5.74) is -1.01. The molecular weight excluding hydrogens is 523 g/mol. The van der Waals surface area contributed by atoms with Crippen molar-refractivity contribution < 1.29 is 33.1 Å². The lowest BCUT2D eigenvalue weighted by molar-refractivity contribution is -0.307. The third kappa shape index (κ3) is 5.94. The van der Waals surface area contributed by atoms with Crippen LogP contribution in [0.5, 0.6) is 17.5 Å². The van der Waals surface area contributed by atoms with Gasteiger partial charge >= 0.3 is 18.1 Å². The van der Waals surface area contributed by atoms with Crippen molar-refractivity contribution in [3.63, 3.8) is 0 Å². The molecule has 2 heterocycles. The SMILES string of the molecule is Cn1c(=O)n(CCN(O)O)c(=O)c2c1nc(Oc1cccc(OC(F)(F)F)c1)n2Cc1ccc(Cl)cc1. The average molecular weight is 542 g/mol. The lowest BCUT2D eigenvalue weighted by Crippen LogP contribution is -2.41. The molecule has 15 heteroatoms. The van der Waals surface area contributed by atoms with E-state index in [2.05, 4.69) is 9.72 Å². The summed E-state index contributed by atoms with van der Waals surface area (Å²) in [6.45, 7) is -0.782. The predicted octanol–water partition coefficient (Wildman–Crippen LogP) is 3.37. The van der Waals surface area contributed by atoms with Crippen LogP contribution >= 0.6 is 11.6 Å². The first-order chi connectivity index (χ1) is 17.4. The van der Waals surface area contributed by atoms with E-state index in [-0.39, 0.29) is 41.2 Å². The van der Waals surface area contributed by atoms with Crippen molar-refractivity contribution in [3.05, 3.63) is 80.0 Å². The van der Waals surface area contributed by atoms with Gasteiger partial charge in [0.25, 0.3) is 5.56 Å². The van der Waals surface area contributed by atoms with Crippen LogP contribution < -0.4 is 20.7 Å². The Labute approximate surface area is 210 Å². The number of alkyl halides is 3. The minimum absolute atomic E-state index is 0.0152. The summed E-state index contributed by atoms with van der Waals surface area (Å²) < 4.78 is 50.9. The van der Waals surface area contributed by atoms with E-state index in [4.69, 9.17) is 26.8 Å². The molecule has 0 unspecified atom stereocenters. The molecule has 0 aliphatic carbocycles. The van der Waals surface area contributed by atoms with Gasteiger partial charge in [0.2, 0.25) is 0 Å². The number of fused-ring (bicyclic) bond motifs is 1. The zero-order chi connectivity index (χ0) is 26.9. The summed E-state index contributed by atoms with van der Waals surface area (Å²) in [4.78, 5) is 30.4. The molecular formula is C22H19ClF3N5O6. The molecule has 2 aromatic carbocycles. The molecule has 0 fully saturated rings. The highest BCUT2D eigenvalue weighted by atomic mass is 35.5. The molecule has 37 heavy (non-hydrogen) atoms. The predicted molar refractivity (Wildman–Crippen MR) is 123 cm³/mol. The highest BCUT2D eigenvalue weighted by Gasteiger charge is 2.31. The van der Waals surface area contributed by atoms with Gasteiger partial charge in [0.1, 0.15) is 11.5 Å². The maximum atomic E-state index is 13.3. The second-order valence-electron chi connectivity index (χ2n) is 7.80. The fourth-order valence-electron chi connectivity index (χ4n) is 3.58. The van der Waals surface area contributed by atoms with E-state index < -0.39 is 29.9 Å². The number of aromatic nitrogens is 4. The number of ether oxygens (including phenoxy) is 2. The molecule has 0 amide bonds.